The maximum atomic E-state index is 8.96. The van der Waals surface area contributed by atoms with Gasteiger partial charge in [-0.3, -0.25) is 4.90 Å². The molecule has 0 fully saturated rings. The van der Waals surface area contributed by atoms with Crippen LogP contribution in [0.5, 0.6) is 0 Å². The SMILES string of the molecule is CN1N=C2C(C#N)=CC=C3C=CN=C1N32. The van der Waals surface area contributed by atoms with Crippen molar-refractivity contribution in [3.05, 3.63) is 35.7 Å². The van der Waals surface area contributed by atoms with Gasteiger partial charge in [-0.25, -0.2) is 10.0 Å². The summed E-state index contributed by atoms with van der Waals surface area (Å²) in [4.78, 5) is 6.09. The molecule has 3 heterocycles. The standard InChI is InChI=1S/C10H7N5/c1-14-10-12-5-4-8-3-2-7(6-11)9(13-14)15(8)10/h2-5H,1H3. The number of hydrazone groups is 1. The number of rotatable bonds is 0. The van der Waals surface area contributed by atoms with Crippen molar-refractivity contribution < 1.29 is 0 Å². The molecule has 0 atom stereocenters. The molecular weight excluding hydrogens is 190 g/mol. The molecular formula is C10H7N5. The highest BCUT2D eigenvalue weighted by Gasteiger charge is 2.35. The number of aliphatic imine (C=N–C) groups is 1. The molecule has 0 radical (unpaired) electrons. The second-order valence-electron chi connectivity index (χ2n) is 3.31. The first-order valence-corrected chi connectivity index (χ1v) is 4.50. The smallest absolute Gasteiger partial charge is 0.232 e. The number of hydrogen-bond acceptors (Lipinski definition) is 5. The van der Waals surface area contributed by atoms with Gasteiger partial charge in [-0.1, -0.05) is 0 Å². The van der Waals surface area contributed by atoms with Crippen molar-refractivity contribution in [3.63, 3.8) is 0 Å². The molecule has 0 aromatic carbocycles. The fourth-order valence-electron chi connectivity index (χ4n) is 1.74. The molecule has 0 saturated carbocycles. The van der Waals surface area contributed by atoms with Crippen LogP contribution in [0.3, 0.4) is 0 Å². The van der Waals surface area contributed by atoms with Gasteiger partial charge in [-0.05, 0) is 18.2 Å². The molecule has 72 valence electrons. The topological polar surface area (TPSA) is 55.0 Å². The van der Waals surface area contributed by atoms with Crippen molar-refractivity contribution >= 4 is 11.8 Å². The van der Waals surface area contributed by atoms with Gasteiger partial charge in [0.2, 0.25) is 5.96 Å². The third-order valence-electron chi connectivity index (χ3n) is 2.42. The van der Waals surface area contributed by atoms with Crippen LogP contribution >= 0.6 is 0 Å². The molecule has 3 aliphatic heterocycles. The summed E-state index contributed by atoms with van der Waals surface area (Å²) in [6.07, 6.45) is 7.29. The molecule has 0 aromatic heterocycles. The van der Waals surface area contributed by atoms with Crippen molar-refractivity contribution in [2.45, 2.75) is 0 Å². The quantitative estimate of drug-likeness (QED) is 0.576. The van der Waals surface area contributed by atoms with Crippen LogP contribution in [0.1, 0.15) is 0 Å². The highest BCUT2D eigenvalue weighted by molar-refractivity contribution is 6.16. The van der Waals surface area contributed by atoms with E-state index in [1.807, 2.05) is 24.1 Å². The number of amidine groups is 1. The Bertz CT molecular complexity index is 527. The first kappa shape index (κ1) is 8.00. The molecule has 0 unspecified atom stereocenters. The summed E-state index contributed by atoms with van der Waals surface area (Å²) in [6.45, 7) is 0. The van der Waals surface area contributed by atoms with Crippen molar-refractivity contribution in [1.82, 2.24) is 9.91 Å². The van der Waals surface area contributed by atoms with Gasteiger partial charge in [-0.15, -0.1) is 0 Å². The predicted molar refractivity (Wildman–Crippen MR) is 55.4 cm³/mol. The van der Waals surface area contributed by atoms with Gasteiger partial charge in [0.25, 0.3) is 0 Å². The third kappa shape index (κ3) is 0.904. The molecule has 0 N–H and O–H groups in total. The normalized spacial score (nSPS) is 21.3. The molecule has 0 aromatic rings. The summed E-state index contributed by atoms with van der Waals surface area (Å²) in [6, 6.07) is 2.12. The van der Waals surface area contributed by atoms with Gasteiger partial charge >= 0.3 is 0 Å². The van der Waals surface area contributed by atoms with E-state index in [2.05, 4.69) is 16.2 Å². The van der Waals surface area contributed by atoms with Crippen LogP contribution in [0.15, 0.2) is 45.8 Å². The zero-order valence-corrected chi connectivity index (χ0v) is 8.05. The lowest BCUT2D eigenvalue weighted by molar-refractivity contribution is 0.530. The molecule has 5 heteroatoms. The number of nitriles is 1. The van der Waals surface area contributed by atoms with E-state index in [-0.39, 0.29) is 0 Å². The Balaban J connectivity index is 2.23. The summed E-state index contributed by atoms with van der Waals surface area (Å²) in [5, 5.41) is 14.9. The van der Waals surface area contributed by atoms with E-state index in [0.29, 0.717) is 11.4 Å². The van der Waals surface area contributed by atoms with Crippen LogP contribution in [0.2, 0.25) is 0 Å². The minimum absolute atomic E-state index is 0.561. The van der Waals surface area contributed by atoms with E-state index in [0.717, 1.165) is 11.7 Å². The van der Waals surface area contributed by atoms with Crippen molar-refractivity contribution in [2.75, 3.05) is 7.05 Å². The van der Waals surface area contributed by atoms with Crippen LogP contribution in [0.25, 0.3) is 0 Å². The Morgan fingerprint density at radius 2 is 2.27 bits per heavy atom. The Labute approximate surface area is 86.6 Å². The van der Waals surface area contributed by atoms with Crippen LogP contribution in [-0.4, -0.2) is 28.8 Å². The summed E-state index contributed by atoms with van der Waals surface area (Å²) in [5.74, 6) is 1.39. The molecule has 0 bridgehead atoms. The average Bonchev–Trinajstić information content (AvgIpc) is 2.60. The summed E-state index contributed by atoms with van der Waals surface area (Å²) in [5.41, 5.74) is 1.55. The van der Waals surface area contributed by atoms with Gasteiger partial charge in [0, 0.05) is 13.2 Å². The van der Waals surface area contributed by atoms with E-state index in [1.54, 1.807) is 17.3 Å². The van der Waals surface area contributed by atoms with E-state index in [4.69, 9.17) is 5.26 Å². The average molecular weight is 197 g/mol. The lowest BCUT2D eigenvalue weighted by Crippen LogP contribution is -2.38. The Kier molecular flexibility index (Phi) is 1.37. The summed E-state index contributed by atoms with van der Waals surface area (Å²) in [7, 11) is 1.82. The number of guanidine groups is 1. The Morgan fingerprint density at radius 3 is 3.07 bits per heavy atom. The van der Waals surface area contributed by atoms with Gasteiger partial charge in [0.1, 0.15) is 6.07 Å². The molecule has 0 saturated heterocycles. The van der Waals surface area contributed by atoms with Gasteiger partial charge in [0.15, 0.2) is 5.84 Å². The van der Waals surface area contributed by atoms with E-state index in [1.165, 1.54) is 0 Å². The number of hydrogen-bond donors (Lipinski definition) is 0. The molecule has 0 amide bonds. The maximum absolute atomic E-state index is 8.96. The molecule has 3 aliphatic rings. The van der Waals surface area contributed by atoms with E-state index < -0.39 is 0 Å². The third-order valence-corrected chi connectivity index (χ3v) is 2.42. The molecule has 15 heavy (non-hydrogen) atoms. The van der Waals surface area contributed by atoms with Crippen LogP contribution in [0, 0.1) is 11.3 Å². The molecule has 5 nitrogen and oxygen atoms in total. The van der Waals surface area contributed by atoms with Crippen molar-refractivity contribution in [1.29, 1.82) is 5.26 Å². The fourth-order valence-corrected chi connectivity index (χ4v) is 1.74. The second kappa shape index (κ2) is 2.58. The lowest BCUT2D eigenvalue weighted by Gasteiger charge is -2.25. The van der Waals surface area contributed by atoms with E-state index >= 15 is 0 Å². The minimum atomic E-state index is 0.561. The fraction of sp³-hybridized carbons (Fsp3) is 0.100. The highest BCUT2D eigenvalue weighted by atomic mass is 15.6. The largest absolute Gasteiger partial charge is 0.261 e. The summed E-state index contributed by atoms with van der Waals surface area (Å²) >= 11 is 0. The van der Waals surface area contributed by atoms with Crippen LogP contribution in [0.4, 0.5) is 0 Å². The second-order valence-corrected chi connectivity index (χ2v) is 3.31. The van der Waals surface area contributed by atoms with Crippen LogP contribution in [-0.2, 0) is 0 Å². The van der Waals surface area contributed by atoms with Crippen molar-refractivity contribution in [2.24, 2.45) is 10.1 Å². The van der Waals surface area contributed by atoms with Crippen molar-refractivity contribution in [3.8, 4) is 6.07 Å². The first-order valence-electron chi connectivity index (χ1n) is 4.50. The van der Waals surface area contributed by atoms with Gasteiger partial charge in [-0.2, -0.15) is 10.4 Å². The minimum Gasteiger partial charge on any atom is -0.261 e. The van der Waals surface area contributed by atoms with Gasteiger partial charge in [0.05, 0.1) is 11.3 Å². The van der Waals surface area contributed by atoms with Crippen LogP contribution < -0.4 is 0 Å². The molecule has 3 rings (SSSR count). The lowest BCUT2D eigenvalue weighted by atomic mass is 10.1. The van der Waals surface area contributed by atoms with E-state index in [9.17, 15) is 0 Å². The number of allylic oxidation sites excluding steroid dienone is 3. The highest BCUT2D eigenvalue weighted by Crippen LogP contribution is 2.27. The Hall–Kier alpha value is -2.35. The van der Waals surface area contributed by atoms with Gasteiger partial charge < -0.3 is 0 Å². The Morgan fingerprint density at radius 1 is 1.40 bits per heavy atom. The zero-order chi connectivity index (χ0) is 10.4. The first-order chi connectivity index (χ1) is 7.31. The maximum Gasteiger partial charge on any atom is 0.232 e. The zero-order valence-electron chi connectivity index (χ0n) is 8.05. The molecule has 0 aliphatic carbocycles. The monoisotopic (exact) mass is 197 g/mol. The number of nitrogens with zero attached hydrogens (tertiary/aromatic N) is 5. The summed E-state index contributed by atoms with van der Waals surface area (Å²) < 4.78 is 0. The predicted octanol–water partition coefficient (Wildman–Crippen LogP) is 0.778. The molecule has 0 spiro atoms.